The summed E-state index contributed by atoms with van der Waals surface area (Å²) in [7, 11) is 0. The maximum Gasteiger partial charge on any atom is 0.145 e. The van der Waals surface area contributed by atoms with Gasteiger partial charge in [0.25, 0.3) is 0 Å². The first-order valence-electron chi connectivity index (χ1n) is 5.58. The van der Waals surface area contributed by atoms with Crippen LogP contribution in [0.3, 0.4) is 0 Å². The number of nitrogens with two attached hydrogens (primary N) is 1. The molecule has 90 valence electrons. The molecule has 2 rings (SSSR count). The van der Waals surface area contributed by atoms with Crippen LogP contribution in [0.15, 0.2) is 30.5 Å². The predicted molar refractivity (Wildman–Crippen MR) is 65.0 cm³/mol. The van der Waals surface area contributed by atoms with Gasteiger partial charge in [0.15, 0.2) is 0 Å². The van der Waals surface area contributed by atoms with Gasteiger partial charge in [0, 0.05) is 6.54 Å². The summed E-state index contributed by atoms with van der Waals surface area (Å²) in [5.41, 5.74) is 7.35. The fourth-order valence-electron chi connectivity index (χ4n) is 1.58. The Hall–Kier alpha value is -1.88. The molecule has 17 heavy (non-hydrogen) atoms. The predicted octanol–water partition coefficient (Wildman–Crippen LogP) is 1.51. The number of benzene rings is 1. The zero-order valence-electron chi connectivity index (χ0n) is 10.00. The molecule has 1 aromatic heterocycles. The van der Waals surface area contributed by atoms with Crippen LogP contribution in [0.25, 0.3) is 5.69 Å². The van der Waals surface area contributed by atoms with Gasteiger partial charge in [-0.3, -0.25) is 0 Å². The van der Waals surface area contributed by atoms with E-state index < -0.39 is 0 Å². The van der Waals surface area contributed by atoms with Gasteiger partial charge in [-0.1, -0.05) is 17.3 Å². The Labute approximate surface area is 100 Å². The first-order chi connectivity index (χ1) is 8.22. The van der Waals surface area contributed by atoms with Crippen LogP contribution in [0, 0.1) is 0 Å². The minimum absolute atomic E-state index is 0.112. The number of hydrogen-bond donors (Lipinski definition) is 1. The molecule has 1 aromatic carbocycles. The van der Waals surface area contributed by atoms with Crippen LogP contribution >= 0.6 is 0 Å². The van der Waals surface area contributed by atoms with E-state index in [0.717, 1.165) is 17.1 Å². The maximum absolute atomic E-state index is 5.74. The first-order valence-corrected chi connectivity index (χ1v) is 5.58. The zero-order chi connectivity index (χ0) is 12.3. The van der Waals surface area contributed by atoms with E-state index in [9.17, 15) is 0 Å². The van der Waals surface area contributed by atoms with Crippen molar-refractivity contribution in [3.8, 4) is 11.4 Å². The Kier molecular flexibility index (Phi) is 3.39. The summed E-state index contributed by atoms with van der Waals surface area (Å²) in [6.07, 6.45) is 1.77. The molecule has 5 heteroatoms. The van der Waals surface area contributed by atoms with Crippen molar-refractivity contribution >= 4 is 0 Å². The number of para-hydroxylation sites is 2. The topological polar surface area (TPSA) is 66.0 Å². The van der Waals surface area contributed by atoms with Gasteiger partial charge in [-0.2, -0.15) is 0 Å². The molecule has 0 saturated heterocycles. The standard InChI is InChI=1S/C12H16N4O/c1-9(2)17-12-6-4-3-5-11(12)16-10(7-13)8-14-15-16/h3-6,8-9H,7,13H2,1-2H3. The quantitative estimate of drug-likeness (QED) is 0.867. The lowest BCUT2D eigenvalue weighted by Gasteiger charge is -2.14. The molecule has 0 bridgehead atoms. The van der Waals surface area contributed by atoms with Gasteiger partial charge in [-0.15, -0.1) is 5.10 Å². The number of hydrogen-bond acceptors (Lipinski definition) is 4. The van der Waals surface area contributed by atoms with Gasteiger partial charge >= 0.3 is 0 Å². The van der Waals surface area contributed by atoms with E-state index in [4.69, 9.17) is 10.5 Å². The van der Waals surface area contributed by atoms with Crippen LogP contribution in [0.4, 0.5) is 0 Å². The molecule has 0 fully saturated rings. The van der Waals surface area contributed by atoms with Crippen LogP contribution in [0.5, 0.6) is 5.75 Å². The van der Waals surface area contributed by atoms with Gasteiger partial charge in [0.2, 0.25) is 0 Å². The molecule has 5 nitrogen and oxygen atoms in total. The van der Waals surface area contributed by atoms with Gasteiger partial charge in [-0.05, 0) is 26.0 Å². The molecule has 0 spiro atoms. The third-order valence-corrected chi connectivity index (χ3v) is 2.29. The molecule has 2 aromatic rings. The summed E-state index contributed by atoms with van der Waals surface area (Å²) in [4.78, 5) is 0. The minimum Gasteiger partial charge on any atom is -0.489 e. The van der Waals surface area contributed by atoms with Gasteiger partial charge in [-0.25, -0.2) is 4.68 Å². The van der Waals surface area contributed by atoms with Crippen LogP contribution in [0.2, 0.25) is 0 Å². The maximum atomic E-state index is 5.74. The van der Waals surface area contributed by atoms with Crippen molar-refractivity contribution in [3.05, 3.63) is 36.2 Å². The third kappa shape index (κ3) is 2.45. The van der Waals surface area contributed by atoms with Gasteiger partial charge in [0.1, 0.15) is 11.4 Å². The average molecular weight is 232 g/mol. The molecule has 0 aliphatic heterocycles. The van der Waals surface area contributed by atoms with E-state index >= 15 is 0 Å². The minimum atomic E-state index is 0.112. The van der Waals surface area contributed by atoms with Crippen molar-refractivity contribution < 1.29 is 4.74 Å². The van der Waals surface area contributed by atoms with E-state index in [0.29, 0.717) is 6.54 Å². The highest BCUT2D eigenvalue weighted by Crippen LogP contribution is 2.23. The van der Waals surface area contributed by atoms with E-state index in [1.54, 1.807) is 10.9 Å². The van der Waals surface area contributed by atoms with Crippen LogP contribution in [-0.2, 0) is 6.54 Å². The molecule has 0 aliphatic rings. The van der Waals surface area contributed by atoms with Crippen molar-refractivity contribution in [2.75, 3.05) is 0 Å². The van der Waals surface area contributed by atoms with Gasteiger partial charge in [0.05, 0.1) is 18.0 Å². The summed E-state index contributed by atoms with van der Waals surface area (Å²) < 4.78 is 7.45. The van der Waals surface area contributed by atoms with Crippen molar-refractivity contribution in [1.82, 2.24) is 15.0 Å². The highest BCUT2D eigenvalue weighted by atomic mass is 16.5. The Bertz CT molecular complexity index is 493. The molecule has 2 N–H and O–H groups in total. The van der Waals surface area contributed by atoms with Crippen LogP contribution in [0.1, 0.15) is 19.5 Å². The summed E-state index contributed by atoms with van der Waals surface area (Å²) in [6, 6.07) is 7.72. The average Bonchev–Trinajstić information content (AvgIpc) is 2.77. The molecule has 0 unspecified atom stereocenters. The molecular formula is C12H16N4O. The molecule has 0 amide bonds. The second-order valence-electron chi connectivity index (χ2n) is 3.98. The van der Waals surface area contributed by atoms with Crippen molar-refractivity contribution in [2.24, 2.45) is 5.73 Å². The Morgan fingerprint density at radius 2 is 2.12 bits per heavy atom. The Morgan fingerprint density at radius 1 is 1.35 bits per heavy atom. The van der Waals surface area contributed by atoms with E-state index in [1.165, 1.54) is 0 Å². The Morgan fingerprint density at radius 3 is 2.82 bits per heavy atom. The van der Waals surface area contributed by atoms with Crippen molar-refractivity contribution in [1.29, 1.82) is 0 Å². The second-order valence-corrected chi connectivity index (χ2v) is 3.98. The molecule has 1 heterocycles. The number of ether oxygens (including phenoxy) is 1. The number of nitrogens with zero attached hydrogens (tertiary/aromatic N) is 3. The smallest absolute Gasteiger partial charge is 0.145 e. The molecule has 0 saturated carbocycles. The lowest BCUT2D eigenvalue weighted by molar-refractivity contribution is 0.241. The summed E-state index contributed by atoms with van der Waals surface area (Å²) in [5, 5.41) is 7.90. The lowest BCUT2D eigenvalue weighted by Crippen LogP contribution is -2.11. The molecular weight excluding hydrogens is 216 g/mol. The fraction of sp³-hybridized carbons (Fsp3) is 0.333. The van der Waals surface area contributed by atoms with Crippen LogP contribution < -0.4 is 10.5 Å². The van der Waals surface area contributed by atoms with E-state index in [1.807, 2.05) is 38.1 Å². The molecule has 0 radical (unpaired) electrons. The second kappa shape index (κ2) is 4.97. The van der Waals surface area contributed by atoms with E-state index in [-0.39, 0.29) is 6.10 Å². The van der Waals surface area contributed by atoms with E-state index in [2.05, 4.69) is 10.3 Å². The van der Waals surface area contributed by atoms with Crippen molar-refractivity contribution in [2.45, 2.75) is 26.5 Å². The number of rotatable bonds is 4. The van der Waals surface area contributed by atoms with Crippen molar-refractivity contribution in [3.63, 3.8) is 0 Å². The molecule has 0 aliphatic carbocycles. The summed E-state index contributed by atoms with van der Waals surface area (Å²) in [5.74, 6) is 0.780. The highest BCUT2D eigenvalue weighted by Gasteiger charge is 2.10. The normalized spacial score (nSPS) is 10.8. The van der Waals surface area contributed by atoms with Gasteiger partial charge < -0.3 is 10.5 Å². The summed E-state index contributed by atoms with van der Waals surface area (Å²) in [6.45, 7) is 4.37. The largest absolute Gasteiger partial charge is 0.489 e. The monoisotopic (exact) mass is 232 g/mol. The third-order valence-electron chi connectivity index (χ3n) is 2.29. The SMILES string of the molecule is CC(C)Oc1ccccc1-n1nncc1CN. The Balaban J connectivity index is 2.44. The number of aromatic nitrogens is 3. The zero-order valence-corrected chi connectivity index (χ0v) is 10.00. The summed E-state index contributed by atoms with van der Waals surface area (Å²) >= 11 is 0. The lowest BCUT2D eigenvalue weighted by atomic mass is 10.3. The first kappa shape index (κ1) is 11.6. The molecule has 0 atom stereocenters. The fourth-order valence-corrected chi connectivity index (χ4v) is 1.58. The van der Waals surface area contributed by atoms with Crippen LogP contribution in [-0.4, -0.2) is 21.1 Å². The highest BCUT2D eigenvalue weighted by molar-refractivity contribution is 5.46.